The molecular formula is C13H18O5. The van der Waals surface area contributed by atoms with Crippen molar-refractivity contribution in [1.29, 1.82) is 0 Å². The molecule has 1 saturated heterocycles. The lowest BCUT2D eigenvalue weighted by Gasteiger charge is -2.32. The Labute approximate surface area is 106 Å². The number of carbonyl (C=O) groups excluding carboxylic acids is 1. The molecule has 2 aliphatic rings. The molecule has 100 valence electrons. The summed E-state index contributed by atoms with van der Waals surface area (Å²) in [6.45, 7) is 2.54. The maximum absolute atomic E-state index is 11.0. The first-order chi connectivity index (χ1) is 8.70. The van der Waals surface area contributed by atoms with Crippen molar-refractivity contribution in [3.05, 3.63) is 23.8 Å². The van der Waals surface area contributed by atoms with Crippen molar-refractivity contribution < 1.29 is 23.7 Å². The summed E-state index contributed by atoms with van der Waals surface area (Å²) in [4.78, 5) is 11.0. The van der Waals surface area contributed by atoms with Gasteiger partial charge < -0.3 is 18.9 Å². The third kappa shape index (κ3) is 3.19. The highest BCUT2D eigenvalue weighted by atomic mass is 16.7. The summed E-state index contributed by atoms with van der Waals surface area (Å²) in [6.07, 6.45) is 5.51. The van der Waals surface area contributed by atoms with E-state index in [0.717, 1.165) is 12.0 Å². The van der Waals surface area contributed by atoms with E-state index in [9.17, 15) is 4.79 Å². The van der Waals surface area contributed by atoms with E-state index < -0.39 is 6.29 Å². The highest BCUT2D eigenvalue weighted by molar-refractivity contribution is 5.67. The van der Waals surface area contributed by atoms with E-state index in [4.69, 9.17) is 18.9 Å². The average Bonchev–Trinajstić information content (AvgIpc) is 2.77. The van der Waals surface area contributed by atoms with Crippen LogP contribution in [0.15, 0.2) is 23.8 Å². The third-order valence-electron chi connectivity index (χ3n) is 2.85. The van der Waals surface area contributed by atoms with E-state index in [1.807, 2.05) is 18.2 Å². The Balaban J connectivity index is 1.96. The van der Waals surface area contributed by atoms with Gasteiger partial charge in [0.2, 0.25) is 0 Å². The Morgan fingerprint density at radius 3 is 3.11 bits per heavy atom. The predicted molar refractivity (Wildman–Crippen MR) is 63.9 cm³/mol. The van der Waals surface area contributed by atoms with Gasteiger partial charge in [-0.25, -0.2) is 0 Å². The molecule has 1 fully saturated rings. The van der Waals surface area contributed by atoms with Gasteiger partial charge in [-0.3, -0.25) is 4.79 Å². The standard InChI is InChI=1S/C13H18O5/c1-9(14)17-12-5-3-4-11(12)13-16-7-6-10(18-13)8-15-2/h3-5,10,12-13H,6-8H2,1-2H3/t10-,12-,13?/m0/s1. The fourth-order valence-corrected chi connectivity index (χ4v) is 2.04. The monoisotopic (exact) mass is 254 g/mol. The van der Waals surface area contributed by atoms with Gasteiger partial charge in [-0.1, -0.05) is 12.2 Å². The summed E-state index contributed by atoms with van der Waals surface area (Å²) in [5, 5.41) is 0. The number of allylic oxidation sites excluding steroid dienone is 2. The second kappa shape index (κ2) is 6.13. The number of ether oxygens (including phenoxy) is 4. The fourth-order valence-electron chi connectivity index (χ4n) is 2.04. The third-order valence-corrected chi connectivity index (χ3v) is 2.85. The molecule has 0 radical (unpaired) electrons. The Morgan fingerprint density at radius 1 is 1.56 bits per heavy atom. The van der Waals surface area contributed by atoms with Gasteiger partial charge in [-0.2, -0.15) is 0 Å². The fraction of sp³-hybridized carbons (Fsp3) is 0.615. The molecule has 3 atom stereocenters. The van der Waals surface area contributed by atoms with Gasteiger partial charge in [0.25, 0.3) is 0 Å². The van der Waals surface area contributed by atoms with Crippen LogP contribution in [0.5, 0.6) is 0 Å². The van der Waals surface area contributed by atoms with Crippen LogP contribution in [0.25, 0.3) is 0 Å². The predicted octanol–water partition coefficient (Wildman–Crippen LogP) is 1.19. The van der Waals surface area contributed by atoms with Crippen LogP contribution in [0.3, 0.4) is 0 Å². The molecule has 0 spiro atoms. The van der Waals surface area contributed by atoms with Gasteiger partial charge in [0, 0.05) is 19.6 Å². The van der Waals surface area contributed by atoms with Crippen molar-refractivity contribution in [3.63, 3.8) is 0 Å². The first-order valence-electron chi connectivity index (χ1n) is 6.02. The normalized spacial score (nSPS) is 31.2. The molecule has 1 unspecified atom stereocenters. The smallest absolute Gasteiger partial charge is 0.303 e. The van der Waals surface area contributed by atoms with Crippen LogP contribution in [0.1, 0.15) is 13.3 Å². The molecule has 5 heteroatoms. The number of esters is 1. The Hall–Kier alpha value is -1.17. The van der Waals surface area contributed by atoms with Crippen LogP contribution in [-0.2, 0) is 23.7 Å². The molecule has 18 heavy (non-hydrogen) atoms. The summed E-state index contributed by atoms with van der Waals surface area (Å²) < 4.78 is 21.6. The average molecular weight is 254 g/mol. The van der Waals surface area contributed by atoms with Crippen LogP contribution < -0.4 is 0 Å². The van der Waals surface area contributed by atoms with E-state index in [1.165, 1.54) is 6.92 Å². The summed E-state index contributed by atoms with van der Waals surface area (Å²) in [6, 6.07) is 0. The van der Waals surface area contributed by atoms with E-state index in [-0.39, 0.29) is 18.2 Å². The van der Waals surface area contributed by atoms with Crippen molar-refractivity contribution in [2.24, 2.45) is 0 Å². The molecule has 0 aromatic rings. The van der Waals surface area contributed by atoms with Crippen molar-refractivity contribution in [1.82, 2.24) is 0 Å². The number of rotatable bonds is 4. The number of methoxy groups -OCH3 is 1. The van der Waals surface area contributed by atoms with Crippen molar-refractivity contribution in [2.45, 2.75) is 31.8 Å². The van der Waals surface area contributed by atoms with Crippen molar-refractivity contribution >= 4 is 5.97 Å². The highest BCUT2D eigenvalue weighted by Crippen LogP contribution is 2.26. The molecule has 1 aliphatic carbocycles. The van der Waals surface area contributed by atoms with Gasteiger partial charge in [0.15, 0.2) is 6.29 Å². The maximum Gasteiger partial charge on any atom is 0.303 e. The zero-order chi connectivity index (χ0) is 13.0. The van der Waals surface area contributed by atoms with Crippen molar-refractivity contribution in [3.8, 4) is 0 Å². The summed E-state index contributed by atoms with van der Waals surface area (Å²) >= 11 is 0. The van der Waals surface area contributed by atoms with E-state index in [2.05, 4.69) is 0 Å². The molecular weight excluding hydrogens is 236 g/mol. The SMILES string of the molecule is COC[C@@H]1CCOC(C2=CC=C[C@@H]2OC(C)=O)O1. The molecule has 5 nitrogen and oxygen atoms in total. The minimum atomic E-state index is -0.460. The minimum absolute atomic E-state index is 0.0215. The van der Waals surface area contributed by atoms with Crippen LogP contribution >= 0.6 is 0 Å². The van der Waals surface area contributed by atoms with E-state index in [1.54, 1.807) is 7.11 Å². The molecule has 2 rings (SSSR count). The number of hydrogen-bond acceptors (Lipinski definition) is 5. The number of hydrogen-bond donors (Lipinski definition) is 0. The second-order valence-corrected chi connectivity index (χ2v) is 4.29. The lowest BCUT2D eigenvalue weighted by atomic mass is 10.1. The summed E-state index contributed by atoms with van der Waals surface area (Å²) in [5.74, 6) is -0.318. The Kier molecular flexibility index (Phi) is 4.52. The highest BCUT2D eigenvalue weighted by Gasteiger charge is 2.31. The molecule has 0 bridgehead atoms. The zero-order valence-electron chi connectivity index (χ0n) is 10.6. The van der Waals surface area contributed by atoms with Crippen molar-refractivity contribution in [2.75, 3.05) is 20.3 Å². The second-order valence-electron chi connectivity index (χ2n) is 4.29. The van der Waals surface area contributed by atoms with Gasteiger partial charge in [0.05, 0.1) is 19.3 Å². The molecule has 0 saturated carbocycles. The van der Waals surface area contributed by atoms with Crippen LogP contribution in [-0.4, -0.2) is 44.8 Å². The Bertz CT molecular complexity index is 358. The first kappa shape index (κ1) is 13.3. The largest absolute Gasteiger partial charge is 0.454 e. The molecule has 0 aromatic carbocycles. The Morgan fingerprint density at radius 2 is 2.39 bits per heavy atom. The molecule has 0 N–H and O–H groups in total. The van der Waals surface area contributed by atoms with Gasteiger partial charge >= 0.3 is 5.97 Å². The molecule has 1 heterocycles. The topological polar surface area (TPSA) is 54.0 Å². The van der Waals surface area contributed by atoms with E-state index in [0.29, 0.717) is 13.2 Å². The van der Waals surface area contributed by atoms with Gasteiger partial charge in [0.1, 0.15) is 6.10 Å². The lowest BCUT2D eigenvalue weighted by Crippen LogP contribution is -2.38. The quantitative estimate of drug-likeness (QED) is 0.705. The minimum Gasteiger partial charge on any atom is -0.454 e. The summed E-state index contributed by atoms with van der Waals surface area (Å²) in [5.41, 5.74) is 0.825. The first-order valence-corrected chi connectivity index (χ1v) is 6.02. The van der Waals surface area contributed by atoms with Crippen LogP contribution in [0, 0.1) is 0 Å². The van der Waals surface area contributed by atoms with Crippen LogP contribution in [0.4, 0.5) is 0 Å². The molecule has 0 amide bonds. The summed E-state index contributed by atoms with van der Waals surface area (Å²) in [7, 11) is 1.64. The lowest BCUT2D eigenvalue weighted by molar-refractivity contribution is -0.206. The molecule has 1 aliphatic heterocycles. The zero-order valence-corrected chi connectivity index (χ0v) is 10.6. The van der Waals surface area contributed by atoms with Crippen LogP contribution in [0.2, 0.25) is 0 Å². The van der Waals surface area contributed by atoms with Gasteiger partial charge in [-0.05, 0) is 12.5 Å². The van der Waals surface area contributed by atoms with Gasteiger partial charge in [-0.15, -0.1) is 0 Å². The molecule has 0 aromatic heterocycles. The number of carbonyl (C=O) groups is 1. The maximum atomic E-state index is 11.0. The van der Waals surface area contributed by atoms with E-state index >= 15 is 0 Å².